The number of ketones is 1. The van der Waals surface area contributed by atoms with Gasteiger partial charge in [-0.25, -0.2) is 4.79 Å². The highest BCUT2D eigenvalue weighted by Gasteiger charge is 2.21. The first-order valence-electron chi connectivity index (χ1n) is 6.40. The molecule has 6 nitrogen and oxygen atoms in total. The van der Waals surface area contributed by atoms with Gasteiger partial charge in [-0.3, -0.25) is 9.59 Å². The second-order valence-electron chi connectivity index (χ2n) is 4.98. The zero-order valence-electron chi connectivity index (χ0n) is 12.4. The molecule has 0 spiro atoms. The van der Waals surface area contributed by atoms with Crippen molar-refractivity contribution in [3.05, 3.63) is 22.5 Å². The van der Waals surface area contributed by atoms with Crippen LogP contribution in [0.3, 0.4) is 0 Å². The zero-order chi connectivity index (χ0) is 15.4. The standard InChI is InChI=1S/C14H20N2O4/c1-7(2)15-11(18)6-20-14(19)13-8(3)12(10(5)17)9(4)16-13/h7,16H,6H2,1-5H3,(H,15,18). The van der Waals surface area contributed by atoms with Gasteiger partial charge in [-0.15, -0.1) is 0 Å². The molecule has 20 heavy (non-hydrogen) atoms. The molecule has 0 saturated heterocycles. The Hall–Kier alpha value is -2.11. The second kappa shape index (κ2) is 6.36. The zero-order valence-corrected chi connectivity index (χ0v) is 12.4. The first kappa shape index (κ1) is 15.9. The molecule has 0 aliphatic rings. The van der Waals surface area contributed by atoms with E-state index in [-0.39, 0.29) is 30.0 Å². The van der Waals surface area contributed by atoms with Crippen molar-refractivity contribution in [2.75, 3.05) is 6.61 Å². The summed E-state index contributed by atoms with van der Waals surface area (Å²) in [5.41, 5.74) is 1.87. The monoisotopic (exact) mass is 280 g/mol. The van der Waals surface area contributed by atoms with Crippen LogP contribution < -0.4 is 5.32 Å². The summed E-state index contributed by atoms with van der Waals surface area (Å²) in [4.78, 5) is 37.6. The van der Waals surface area contributed by atoms with Crippen molar-refractivity contribution >= 4 is 17.7 Å². The number of hydrogen-bond acceptors (Lipinski definition) is 4. The maximum Gasteiger partial charge on any atom is 0.355 e. The minimum Gasteiger partial charge on any atom is -0.451 e. The molecule has 1 heterocycles. The summed E-state index contributed by atoms with van der Waals surface area (Å²) in [6.45, 7) is 8.12. The van der Waals surface area contributed by atoms with Crippen LogP contribution in [0.1, 0.15) is 52.9 Å². The summed E-state index contributed by atoms with van der Waals surface area (Å²) in [6.07, 6.45) is 0. The van der Waals surface area contributed by atoms with E-state index in [2.05, 4.69) is 10.3 Å². The Balaban J connectivity index is 2.77. The first-order chi connectivity index (χ1) is 9.23. The van der Waals surface area contributed by atoms with E-state index in [1.165, 1.54) is 6.92 Å². The van der Waals surface area contributed by atoms with Crippen LogP contribution >= 0.6 is 0 Å². The number of hydrogen-bond donors (Lipinski definition) is 2. The molecule has 2 N–H and O–H groups in total. The average molecular weight is 280 g/mol. The number of nitrogens with one attached hydrogen (secondary N) is 2. The molecule has 6 heteroatoms. The SMILES string of the molecule is CC(=O)c1c(C)[nH]c(C(=O)OCC(=O)NC(C)C)c1C. The van der Waals surface area contributed by atoms with Crippen molar-refractivity contribution in [3.8, 4) is 0 Å². The lowest BCUT2D eigenvalue weighted by Gasteiger charge is -2.08. The Kier molecular flexibility index (Phi) is 5.07. The highest BCUT2D eigenvalue weighted by molar-refractivity contribution is 6.01. The number of aryl methyl sites for hydroxylation is 1. The fraction of sp³-hybridized carbons (Fsp3) is 0.500. The van der Waals surface area contributed by atoms with E-state index < -0.39 is 5.97 Å². The summed E-state index contributed by atoms with van der Waals surface area (Å²) in [7, 11) is 0. The fourth-order valence-corrected chi connectivity index (χ4v) is 2.05. The minimum absolute atomic E-state index is 0.0139. The highest BCUT2D eigenvalue weighted by Crippen LogP contribution is 2.19. The number of aromatic amines is 1. The number of esters is 1. The first-order valence-corrected chi connectivity index (χ1v) is 6.40. The van der Waals surface area contributed by atoms with Crippen LogP contribution in [0.25, 0.3) is 0 Å². The Morgan fingerprint density at radius 2 is 1.85 bits per heavy atom. The topological polar surface area (TPSA) is 88.3 Å². The predicted molar refractivity (Wildman–Crippen MR) is 73.8 cm³/mol. The van der Waals surface area contributed by atoms with Gasteiger partial charge in [-0.05, 0) is 40.2 Å². The average Bonchev–Trinajstić information content (AvgIpc) is 2.60. The highest BCUT2D eigenvalue weighted by atomic mass is 16.5. The summed E-state index contributed by atoms with van der Waals surface area (Å²) in [5, 5.41) is 2.62. The molecule has 1 rings (SSSR count). The van der Waals surface area contributed by atoms with Gasteiger partial charge in [-0.2, -0.15) is 0 Å². The van der Waals surface area contributed by atoms with E-state index in [4.69, 9.17) is 4.74 Å². The van der Waals surface area contributed by atoms with Gasteiger partial charge in [0.15, 0.2) is 12.4 Å². The predicted octanol–water partition coefficient (Wildman–Crippen LogP) is 1.52. The summed E-state index contributed by atoms with van der Waals surface area (Å²) < 4.78 is 4.93. The van der Waals surface area contributed by atoms with Gasteiger partial charge in [0, 0.05) is 17.3 Å². The molecule has 0 atom stereocenters. The number of ether oxygens (including phenoxy) is 1. The van der Waals surface area contributed by atoms with Gasteiger partial charge >= 0.3 is 5.97 Å². The molecule has 1 aromatic heterocycles. The van der Waals surface area contributed by atoms with Crippen LogP contribution in [0.2, 0.25) is 0 Å². The quantitative estimate of drug-likeness (QED) is 0.632. The molecule has 110 valence electrons. The number of aromatic nitrogens is 1. The van der Waals surface area contributed by atoms with E-state index in [0.717, 1.165) is 0 Å². The molecule has 0 bridgehead atoms. The lowest BCUT2D eigenvalue weighted by molar-refractivity contribution is -0.124. The Morgan fingerprint density at radius 1 is 1.25 bits per heavy atom. The van der Waals surface area contributed by atoms with E-state index in [1.54, 1.807) is 13.8 Å². The van der Waals surface area contributed by atoms with Crippen LogP contribution in [0.4, 0.5) is 0 Å². The van der Waals surface area contributed by atoms with E-state index in [0.29, 0.717) is 16.8 Å². The van der Waals surface area contributed by atoms with Gasteiger partial charge in [0.25, 0.3) is 5.91 Å². The summed E-state index contributed by atoms with van der Waals surface area (Å²) in [6, 6.07) is -0.0139. The van der Waals surface area contributed by atoms with E-state index >= 15 is 0 Å². The molecule has 0 aliphatic carbocycles. The molecular formula is C14H20N2O4. The molecule has 0 aromatic carbocycles. The Morgan fingerprint density at radius 3 is 2.30 bits per heavy atom. The van der Waals surface area contributed by atoms with Crippen molar-refractivity contribution < 1.29 is 19.1 Å². The third-order valence-electron chi connectivity index (χ3n) is 2.78. The van der Waals surface area contributed by atoms with Crippen LogP contribution in [0.5, 0.6) is 0 Å². The normalized spacial score (nSPS) is 10.5. The molecule has 1 amide bonds. The number of Topliss-reactive ketones (excluding diaryl/α,β-unsaturated/α-hetero) is 1. The number of amides is 1. The van der Waals surface area contributed by atoms with Gasteiger partial charge in [0.05, 0.1) is 0 Å². The molecule has 0 aliphatic heterocycles. The maximum absolute atomic E-state index is 11.9. The molecule has 1 aromatic rings. The third-order valence-corrected chi connectivity index (χ3v) is 2.78. The van der Waals surface area contributed by atoms with Gasteiger partial charge in [0.2, 0.25) is 0 Å². The molecule has 0 radical (unpaired) electrons. The minimum atomic E-state index is -0.642. The van der Waals surface area contributed by atoms with Crippen LogP contribution in [0.15, 0.2) is 0 Å². The number of rotatable bonds is 5. The summed E-state index contributed by atoms with van der Waals surface area (Å²) in [5.74, 6) is -1.12. The van der Waals surface area contributed by atoms with E-state index in [1.807, 2.05) is 13.8 Å². The van der Waals surface area contributed by atoms with Crippen molar-refractivity contribution in [1.29, 1.82) is 0 Å². The fourth-order valence-electron chi connectivity index (χ4n) is 2.05. The largest absolute Gasteiger partial charge is 0.451 e. The van der Waals surface area contributed by atoms with Gasteiger partial charge in [-0.1, -0.05) is 0 Å². The van der Waals surface area contributed by atoms with Crippen LogP contribution in [0, 0.1) is 13.8 Å². The smallest absolute Gasteiger partial charge is 0.355 e. The van der Waals surface area contributed by atoms with Crippen molar-refractivity contribution in [3.63, 3.8) is 0 Å². The van der Waals surface area contributed by atoms with Crippen molar-refractivity contribution in [2.24, 2.45) is 0 Å². The maximum atomic E-state index is 11.9. The molecule has 0 unspecified atom stereocenters. The lowest BCUT2D eigenvalue weighted by Crippen LogP contribution is -2.34. The Bertz CT molecular complexity index is 544. The van der Waals surface area contributed by atoms with Crippen molar-refractivity contribution in [2.45, 2.75) is 40.7 Å². The molecular weight excluding hydrogens is 260 g/mol. The van der Waals surface area contributed by atoms with E-state index in [9.17, 15) is 14.4 Å². The molecule has 0 saturated carbocycles. The van der Waals surface area contributed by atoms with Crippen LogP contribution in [-0.2, 0) is 9.53 Å². The lowest BCUT2D eigenvalue weighted by atomic mass is 10.1. The molecule has 0 fully saturated rings. The second-order valence-corrected chi connectivity index (χ2v) is 4.98. The Labute approximate surface area is 117 Å². The number of carbonyl (C=O) groups excluding carboxylic acids is 3. The van der Waals surface area contributed by atoms with Gasteiger partial charge < -0.3 is 15.0 Å². The van der Waals surface area contributed by atoms with Crippen LogP contribution in [-0.4, -0.2) is 35.3 Å². The van der Waals surface area contributed by atoms with Crippen molar-refractivity contribution in [1.82, 2.24) is 10.3 Å². The third kappa shape index (κ3) is 3.69. The summed E-state index contributed by atoms with van der Waals surface area (Å²) >= 11 is 0. The number of H-pyrrole nitrogens is 1. The van der Waals surface area contributed by atoms with Gasteiger partial charge in [0.1, 0.15) is 5.69 Å². The number of carbonyl (C=O) groups is 3.